The second-order valence-electron chi connectivity index (χ2n) is 8.73. The summed E-state index contributed by atoms with van der Waals surface area (Å²) in [5.74, 6) is -2.08. The van der Waals surface area contributed by atoms with Crippen LogP contribution < -0.4 is 10.4 Å². The molecule has 1 fully saturated rings. The van der Waals surface area contributed by atoms with Gasteiger partial charge in [0, 0.05) is 6.42 Å². The van der Waals surface area contributed by atoms with E-state index in [0.29, 0.717) is 0 Å². The van der Waals surface area contributed by atoms with Crippen LogP contribution in [-0.2, 0) is 14.0 Å². The molecule has 0 spiro atoms. The van der Waals surface area contributed by atoms with Crippen LogP contribution in [0.1, 0.15) is 27.2 Å². The van der Waals surface area contributed by atoms with Crippen LogP contribution in [-0.4, -0.2) is 60.0 Å². The van der Waals surface area contributed by atoms with Crippen molar-refractivity contribution in [3.8, 4) is 0 Å². The van der Waals surface area contributed by atoms with Gasteiger partial charge in [-0.25, -0.2) is 9.59 Å². The predicted molar refractivity (Wildman–Crippen MR) is 118 cm³/mol. The highest BCUT2D eigenvalue weighted by molar-refractivity contribution is 6.99. The molecule has 0 bridgehead atoms. The lowest BCUT2D eigenvalue weighted by Crippen LogP contribution is -2.67. The summed E-state index contributed by atoms with van der Waals surface area (Å²) < 4.78 is 6.70. The monoisotopic (exact) mass is 441 g/mol. The van der Waals surface area contributed by atoms with E-state index in [1.165, 1.54) is 0 Å². The Bertz CT molecular complexity index is 918. The largest absolute Gasteiger partial charge is 0.479 e. The van der Waals surface area contributed by atoms with E-state index in [1.807, 2.05) is 60.7 Å². The normalized spacial score (nSPS) is 19.5. The highest BCUT2D eigenvalue weighted by Crippen LogP contribution is 2.37. The van der Waals surface area contributed by atoms with Gasteiger partial charge in [-0.1, -0.05) is 81.4 Å². The summed E-state index contributed by atoms with van der Waals surface area (Å²) in [7, 11) is -2.93. The second kappa shape index (κ2) is 8.64. The molecule has 0 aromatic heterocycles. The molecular formula is C23H27NO6Si. The van der Waals surface area contributed by atoms with Crippen molar-refractivity contribution >= 4 is 36.5 Å². The number of carboxylic acids is 1. The predicted octanol–water partition coefficient (Wildman–Crippen LogP) is 2.34. The van der Waals surface area contributed by atoms with Crippen molar-refractivity contribution in [1.29, 1.82) is 0 Å². The van der Waals surface area contributed by atoms with Crippen molar-refractivity contribution in [2.45, 2.75) is 44.3 Å². The summed E-state index contributed by atoms with van der Waals surface area (Å²) in [5.41, 5.74) is 0. The molecular weight excluding hydrogens is 414 g/mol. The average Bonchev–Trinajstić information content (AvgIpc) is 3.06. The van der Waals surface area contributed by atoms with E-state index in [-0.39, 0.29) is 18.1 Å². The first-order valence-corrected chi connectivity index (χ1v) is 12.0. The fraction of sp³-hybridized carbons (Fsp3) is 0.348. The van der Waals surface area contributed by atoms with Gasteiger partial charge in [-0.2, -0.15) is 0 Å². The third-order valence-electron chi connectivity index (χ3n) is 5.78. The van der Waals surface area contributed by atoms with Crippen molar-refractivity contribution in [2.24, 2.45) is 0 Å². The van der Waals surface area contributed by atoms with Gasteiger partial charge in [-0.15, -0.1) is 0 Å². The van der Waals surface area contributed by atoms with E-state index in [0.717, 1.165) is 15.3 Å². The number of carbonyl (C=O) groups excluding carboxylic acids is 1. The molecule has 2 N–H and O–H groups in total. The van der Waals surface area contributed by atoms with Crippen molar-refractivity contribution in [3.05, 3.63) is 60.7 Å². The van der Waals surface area contributed by atoms with Crippen LogP contribution in [0.2, 0.25) is 5.04 Å². The van der Waals surface area contributed by atoms with Gasteiger partial charge in [0.1, 0.15) is 0 Å². The van der Waals surface area contributed by atoms with Crippen LogP contribution in [0.3, 0.4) is 0 Å². The zero-order valence-corrected chi connectivity index (χ0v) is 18.8. The molecule has 8 heteroatoms. The number of hydrogen-bond donors (Lipinski definition) is 2. The molecule has 1 amide bonds. The third kappa shape index (κ3) is 4.13. The minimum atomic E-state index is -2.93. The number of aliphatic carboxylic acids is 1. The summed E-state index contributed by atoms with van der Waals surface area (Å²) in [6.45, 7) is 6.21. The van der Waals surface area contributed by atoms with E-state index in [1.54, 1.807) is 0 Å². The number of carbonyl (C=O) groups is 3. The van der Waals surface area contributed by atoms with Crippen LogP contribution >= 0.6 is 0 Å². The van der Waals surface area contributed by atoms with E-state index in [4.69, 9.17) is 4.43 Å². The molecule has 7 nitrogen and oxygen atoms in total. The van der Waals surface area contributed by atoms with Gasteiger partial charge in [0.25, 0.3) is 8.32 Å². The highest BCUT2D eigenvalue weighted by atomic mass is 28.4. The van der Waals surface area contributed by atoms with Crippen LogP contribution in [0.15, 0.2) is 60.7 Å². The number of hydrogen-bond acceptors (Lipinski definition) is 4. The van der Waals surface area contributed by atoms with Crippen molar-refractivity contribution < 1.29 is 29.0 Å². The van der Waals surface area contributed by atoms with E-state index in [2.05, 4.69) is 20.8 Å². The number of ketones is 1. The molecule has 2 atom stereocenters. The first-order chi connectivity index (χ1) is 14.6. The first kappa shape index (κ1) is 22.7. The Morgan fingerprint density at radius 3 is 1.87 bits per heavy atom. The van der Waals surface area contributed by atoms with Gasteiger partial charge in [-0.3, -0.25) is 9.69 Å². The zero-order chi connectivity index (χ0) is 22.8. The summed E-state index contributed by atoms with van der Waals surface area (Å²) in [4.78, 5) is 36.3. The number of amides is 1. The van der Waals surface area contributed by atoms with E-state index < -0.39 is 38.2 Å². The number of carboxylic acid groups (broad SMARTS) is 2. The maximum Gasteiger partial charge on any atom is 0.408 e. The first-order valence-electron chi connectivity index (χ1n) is 10.1. The summed E-state index contributed by atoms with van der Waals surface area (Å²) in [6.07, 6.45) is -1.61. The van der Waals surface area contributed by atoms with Gasteiger partial charge < -0.3 is 14.6 Å². The Labute approximate surface area is 182 Å². The van der Waals surface area contributed by atoms with E-state index >= 15 is 0 Å². The molecule has 2 aromatic rings. The standard InChI is InChI=1S/C23H27NO6Si/c1-23(2,3)31(17-10-6-4-7-11-17,18-12-8-5-9-13-18)30-15-16-14-19(25)20(21(26)27)24(16)22(28)29/h4-13,16,20H,14-15H2,1-3H3,(H,26,27)(H,28,29)/t16-,20?/m0/s1. The highest BCUT2D eigenvalue weighted by Gasteiger charge is 2.53. The molecule has 31 heavy (non-hydrogen) atoms. The average molecular weight is 442 g/mol. The number of benzene rings is 2. The minimum absolute atomic E-state index is 0.0604. The van der Waals surface area contributed by atoms with Crippen LogP contribution in [0.5, 0.6) is 0 Å². The SMILES string of the molecule is CC(C)(C)[Si](OC[C@@H]1CC(=O)C(C(=O)O)N1C(=O)O)(c1ccccc1)c1ccccc1. The Hall–Kier alpha value is -2.97. The Morgan fingerprint density at radius 1 is 1.00 bits per heavy atom. The van der Waals surface area contributed by atoms with Crippen molar-refractivity contribution in [2.75, 3.05) is 6.61 Å². The van der Waals surface area contributed by atoms with Crippen molar-refractivity contribution in [3.63, 3.8) is 0 Å². The van der Waals surface area contributed by atoms with Crippen LogP contribution in [0.4, 0.5) is 4.79 Å². The molecule has 3 rings (SSSR count). The molecule has 164 valence electrons. The van der Waals surface area contributed by atoms with Crippen LogP contribution in [0.25, 0.3) is 0 Å². The number of Topliss-reactive ketones (excluding diaryl/α,β-unsaturated/α-hetero) is 1. The van der Waals surface area contributed by atoms with Gasteiger partial charge >= 0.3 is 12.1 Å². The molecule has 1 heterocycles. The Kier molecular flexibility index (Phi) is 6.33. The summed E-state index contributed by atoms with van der Waals surface area (Å²) in [6, 6.07) is 17.1. The zero-order valence-electron chi connectivity index (χ0n) is 17.8. The third-order valence-corrected chi connectivity index (χ3v) is 10.8. The molecule has 2 aromatic carbocycles. The number of nitrogens with zero attached hydrogens (tertiary/aromatic N) is 1. The smallest absolute Gasteiger partial charge is 0.408 e. The lowest BCUT2D eigenvalue weighted by Gasteiger charge is -2.44. The molecule has 0 radical (unpaired) electrons. The summed E-state index contributed by atoms with van der Waals surface area (Å²) >= 11 is 0. The lowest BCUT2D eigenvalue weighted by atomic mass is 10.2. The lowest BCUT2D eigenvalue weighted by molar-refractivity contribution is -0.145. The van der Waals surface area contributed by atoms with Gasteiger partial charge in [0.05, 0.1) is 12.6 Å². The molecule has 1 saturated heterocycles. The number of likely N-dealkylation sites (tertiary alicyclic amines) is 1. The van der Waals surface area contributed by atoms with Gasteiger partial charge in [-0.05, 0) is 15.4 Å². The molecule has 1 aliphatic rings. The second-order valence-corrected chi connectivity index (χ2v) is 13.0. The van der Waals surface area contributed by atoms with Crippen molar-refractivity contribution in [1.82, 2.24) is 4.90 Å². The fourth-order valence-electron chi connectivity index (χ4n) is 4.45. The topological polar surface area (TPSA) is 104 Å². The summed E-state index contributed by atoms with van der Waals surface area (Å²) in [5, 5.41) is 20.7. The molecule has 0 aliphatic carbocycles. The molecule has 0 saturated carbocycles. The van der Waals surface area contributed by atoms with Gasteiger partial charge in [0.15, 0.2) is 11.8 Å². The molecule has 1 aliphatic heterocycles. The van der Waals surface area contributed by atoms with E-state index in [9.17, 15) is 24.6 Å². The number of rotatable bonds is 6. The van der Waals surface area contributed by atoms with Crippen LogP contribution in [0, 0.1) is 0 Å². The quantitative estimate of drug-likeness (QED) is 0.527. The fourth-order valence-corrected chi connectivity index (χ4v) is 9.05. The Balaban J connectivity index is 2.05. The Morgan fingerprint density at radius 2 is 1.48 bits per heavy atom. The van der Waals surface area contributed by atoms with Gasteiger partial charge in [0.2, 0.25) is 0 Å². The minimum Gasteiger partial charge on any atom is -0.479 e. The maximum absolute atomic E-state index is 12.3. The molecule has 1 unspecified atom stereocenters. The maximum atomic E-state index is 12.3.